The van der Waals surface area contributed by atoms with E-state index in [2.05, 4.69) is 18.7 Å². The van der Waals surface area contributed by atoms with Crippen LogP contribution in [0.15, 0.2) is 0 Å². The lowest BCUT2D eigenvalue weighted by molar-refractivity contribution is 0.276. The van der Waals surface area contributed by atoms with Crippen molar-refractivity contribution in [2.75, 3.05) is 13.1 Å². The average molecular weight is 173 g/mol. The van der Waals surface area contributed by atoms with Crippen molar-refractivity contribution in [3.05, 3.63) is 0 Å². The Morgan fingerprint density at radius 1 is 0.833 bits per heavy atom. The molecule has 0 aromatic rings. The van der Waals surface area contributed by atoms with Gasteiger partial charge >= 0.3 is 0 Å². The molecule has 0 spiro atoms. The molecule has 76 valence electrons. The van der Waals surface area contributed by atoms with Gasteiger partial charge in [-0.15, -0.1) is 0 Å². The number of rotatable bonds is 1. The Labute approximate surface area is 79.2 Å². The Hall–Kier alpha value is -0.0400. The van der Waals surface area contributed by atoms with Gasteiger partial charge in [-0.05, 0) is 39.8 Å². The van der Waals surface area contributed by atoms with Crippen LogP contribution in [0.1, 0.15) is 54.4 Å². The lowest BCUT2D eigenvalue weighted by atomic mass is 10.3. The largest absolute Gasteiger partial charge is 0.301 e. The highest BCUT2D eigenvalue weighted by Crippen LogP contribution is 2.09. The average Bonchev–Trinajstić information content (AvgIpc) is 2.64. The highest BCUT2D eigenvalue weighted by molar-refractivity contribution is 4.68. The molecule has 0 radical (unpaired) electrons. The molecule has 0 aliphatic carbocycles. The van der Waals surface area contributed by atoms with E-state index in [0.29, 0.717) is 0 Å². The quantitative estimate of drug-likeness (QED) is 0.586. The van der Waals surface area contributed by atoms with Crippen molar-refractivity contribution < 1.29 is 0 Å². The Morgan fingerprint density at radius 2 is 1.17 bits per heavy atom. The topological polar surface area (TPSA) is 3.24 Å². The molecule has 0 aromatic heterocycles. The van der Waals surface area contributed by atoms with E-state index in [1.54, 1.807) is 0 Å². The van der Waals surface area contributed by atoms with Gasteiger partial charge in [0, 0.05) is 6.04 Å². The van der Waals surface area contributed by atoms with E-state index < -0.39 is 0 Å². The zero-order valence-corrected chi connectivity index (χ0v) is 9.85. The molecule has 1 heteroatoms. The summed E-state index contributed by atoms with van der Waals surface area (Å²) in [6.45, 7) is 15.2. The summed E-state index contributed by atoms with van der Waals surface area (Å²) in [5, 5.41) is 0. The van der Waals surface area contributed by atoms with Crippen LogP contribution < -0.4 is 0 Å². The van der Waals surface area contributed by atoms with Gasteiger partial charge in [0.05, 0.1) is 0 Å². The Kier molecular flexibility index (Phi) is 13.2. The number of nitrogens with zero attached hydrogens (tertiary/aromatic N) is 1. The van der Waals surface area contributed by atoms with E-state index in [1.807, 2.05) is 27.7 Å². The van der Waals surface area contributed by atoms with Crippen molar-refractivity contribution in [2.24, 2.45) is 0 Å². The molecule has 1 heterocycles. The lowest BCUT2D eigenvalue weighted by Gasteiger charge is -2.18. The molecule has 1 aliphatic heterocycles. The summed E-state index contributed by atoms with van der Waals surface area (Å²) in [4.78, 5) is 2.53. The summed E-state index contributed by atoms with van der Waals surface area (Å²) in [6.07, 6.45) is 2.83. The van der Waals surface area contributed by atoms with Crippen LogP contribution in [0.4, 0.5) is 0 Å². The first kappa shape index (κ1) is 14.5. The van der Waals surface area contributed by atoms with E-state index in [4.69, 9.17) is 0 Å². The lowest BCUT2D eigenvalue weighted by Crippen LogP contribution is -2.26. The van der Waals surface area contributed by atoms with E-state index in [1.165, 1.54) is 25.9 Å². The summed E-state index contributed by atoms with van der Waals surface area (Å²) in [5.74, 6) is 0. The van der Waals surface area contributed by atoms with Crippen molar-refractivity contribution in [3.63, 3.8) is 0 Å². The van der Waals surface area contributed by atoms with Gasteiger partial charge in [-0.25, -0.2) is 0 Å². The Balaban J connectivity index is 0. The van der Waals surface area contributed by atoms with Crippen LogP contribution in [0.25, 0.3) is 0 Å². The van der Waals surface area contributed by atoms with Crippen LogP contribution in [0.5, 0.6) is 0 Å². The van der Waals surface area contributed by atoms with Gasteiger partial charge in [0.2, 0.25) is 0 Å². The fourth-order valence-corrected chi connectivity index (χ4v) is 1.26. The predicted octanol–water partition coefficient (Wildman–Crippen LogP) is 3.54. The first-order valence-corrected chi connectivity index (χ1v) is 5.55. The molecule has 1 saturated heterocycles. The van der Waals surface area contributed by atoms with E-state index in [9.17, 15) is 0 Å². The molecule has 0 N–H and O–H groups in total. The predicted molar refractivity (Wildman–Crippen MR) is 58.6 cm³/mol. The molecule has 1 rings (SSSR count). The minimum atomic E-state index is 0.775. The first-order chi connectivity index (χ1) is 5.80. The van der Waals surface area contributed by atoms with Gasteiger partial charge < -0.3 is 4.90 Å². The van der Waals surface area contributed by atoms with Crippen molar-refractivity contribution in [3.8, 4) is 0 Å². The fourth-order valence-electron chi connectivity index (χ4n) is 1.26. The van der Waals surface area contributed by atoms with Crippen molar-refractivity contribution in [1.82, 2.24) is 4.90 Å². The summed E-state index contributed by atoms with van der Waals surface area (Å²) in [5.41, 5.74) is 0. The van der Waals surface area contributed by atoms with Gasteiger partial charge in [-0.1, -0.05) is 27.7 Å². The first-order valence-electron chi connectivity index (χ1n) is 5.55. The maximum atomic E-state index is 2.53. The third-order valence-electron chi connectivity index (χ3n) is 1.87. The molecule has 0 amide bonds. The van der Waals surface area contributed by atoms with E-state index in [0.717, 1.165) is 6.04 Å². The number of likely N-dealkylation sites (tertiary alicyclic amines) is 1. The minimum absolute atomic E-state index is 0.775. The van der Waals surface area contributed by atoms with Crippen LogP contribution in [0.3, 0.4) is 0 Å². The van der Waals surface area contributed by atoms with Gasteiger partial charge in [0.25, 0.3) is 0 Å². The normalized spacial score (nSPS) is 16.2. The maximum Gasteiger partial charge on any atom is 0.00385 e. The van der Waals surface area contributed by atoms with Crippen LogP contribution in [-0.4, -0.2) is 24.0 Å². The number of hydrogen-bond donors (Lipinski definition) is 0. The summed E-state index contributed by atoms with van der Waals surface area (Å²) in [6, 6.07) is 0.775. The van der Waals surface area contributed by atoms with Gasteiger partial charge in [-0.2, -0.15) is 0 Å². The summed E-state index contributed by atoms with van der Waals surface area (Å²) in [7, 11) is 0. The molecule has 0 unspecified atom stereocenters. The summed E-state index contributed by atoms with van der Waals surface area (Å²) < 4.78 is 0. The SMILES string of the molecule is CC.CC.CC(C)N1CCCC1. The Morgan fingerprint density at radius 3 is 1.33 bits per heavy atom. The summed E-state index contributed by atoms with van der Waals surface area (Å²) >= 11 is 0. The second-order valence-corrected chi connectivity index (χ2v) is 2.84. The Bertz CT molecular complexity index is 63.4. The molecule has 12 heavy (non-hydrogen) atoms. The molecule has 1 fully saturated rings. The van der Waals surface area contributed by atoms with Gasteiger partial charge in [0.1, 0.15) is 0 Å². The molecule has 0 aromatic carbocycles. The third kappa shape index (κ3) is 6.66. The molecular weight excluding hydrogens is 146 g/mol. The molecule has 0 atom stereocenters. The van der Waals surface area contributed by atoms with E-state index in [-0.39, 0.29) is 0 Å². The zero-order valence-electron chi connectivity index (χ0n) is 9.85. The molecule has 0 bridgehead atoms. The van der Waals surface area contributed by atoms with Crippen LogP contribution >= 0.6 is 0 Å². The van der Waals surface area contributed by atoms with Crippen molar-refractivity contribution >= 4 is 0 Å². The number of hydrogen-bond acceptors (Lipinski definition) is 1. The van der Waals surface area contributed by atoms with Gasteiger partial charge in [0.15, 0.2) is 0 Å². The maximum absolute atomic E-state index is 2.53. The van der Waals surface area contributed by atoms with E-state index >= 15 is 0 Å². The monoisotopic (exact) mass is 173 g/mol. The van der Waals surface area contributed by atoms with Crippen molar-refractivity contribution in [2.45, 2.75) is 60.4 Å². The van der Waals surface area contributed by atoms with Gasteiger partial charge in [-0.3, -0.25) is 0 Å². The van der Waals surface area contributed by atoms with Crippen LogP contribution in [-0.2, 0) is 0 Å². The fraction of sp³-hybridized carbons (Fsp3) is 1.00. The van der Waals surface area contributed by atoms with Crippen LogP contribution in [0.2, 0.25) is 0 Å². The minimum Gasteiger partial charge on any atom is -0.301 e. The highest BCUT2D eigenvalue weighted by Gasteiger charge is 2.13. The standard InChI is InChI=1S/C7H15N.2C2H6/c1-7(2)8-5-3-4-6-8;2*1-2/h7H,3-6H2,1-2H3;2*1-2H3. The van der Waals surface area contributed by atoms with Crippen LogP contribution in [0, 0.1) is 0 Å². The second-order valence-electron chi connectivity index (χ2n) is 2.84. The molecule has 0 saturated carbocycles. The third-order valence-corrected chi connectivity index (χ3v) is 1.87. The zero-order chi connectivity index (χ0) is 9.98. The second kappa shape index (κ2) is 11.0. The van der Waals surface area contributed by atoms with Crippen molar-refractivity contribution in [1.29, 1.82) is 0 Å². The smallest absolute Gasteiger partial charge is 0.00385 e. The molecular formula is C11H27N. The molecule has 1 aliphatic rings. The molecule has 1 nitrogen and oxygen atoms in total. The highest BCUT2D eigenvalue weighted by atomic mass is 15.2.